The van der Waals surface area contributed by atoms with Crippen LogP contribution >= 0.6 is 39.1 Å². The molecule has 2 aromatic rings. The minimum atomic E-state index is -0.908. The van der Waals surface area contributed by atoms with Gasteiger partial charge in [-0.15, -0.1) is 0 Å². The van der Waals surface area contributed by atoms with Gasteiger partial charge in [0.15, 0.2) is 11.6 Å². The first-order valence-corrected chi connectivity index (χ1v) is 6.33. The lowest BCUT2D eigenvalue weighted by Gasteiger charge is -2.06. The zero-order valence-electron chi connectivity index (χ0n) is 8.72. The Morgan fingerprint density at radius 1 is 1.11 bits per heavy atom. The molecule has 0 aliphatic rings. The minimum absolute atomic E-state index is 0.000726. The lowest BCUT2D eigenvalue weighted by molar-refractivity contribution is 0.507. The van der Waals surface area contributed by atoms with E-state index in [0.29, 0.717) is 15.7 Å². The van der Waals surface area contributed by atoms with Crippen molar-refractivity contribution in [3.05, 3.63) is 56.0 Å². The van der Waals surface area contributed by atoms with E-state index in [1.54, 1.807) is 0 Å². The van der Waals surface area contributed by atoms with E-state index in [0.717, 1.165) is 12.1 Å². The first kappa shape index (κ1) is 13.6. The van der Waals surface area contributed by atoms with Crippen molar-refractivity contribution in [2.24, 2.45) is 0 Å². The van der Waals surface area contributed by atoms with E-state index in [9.17, 15) is 8.78 Å². The van der Waals surface area contributed by atoms with Crippen LogP contribution in [0.3, 0.4) is 0 Å². The van der Waals surface area contributed by atoms with Crippen LogP contribution in [0.2, 0.25) is 10.4 Å². The summed E-state index contributed by atoms with van der Waals surface area (Å²) in [7, 11) is 0. The maximum absolute atomic E-state index is 13.1. The van der Waals surface area contributed by atoms with Gasteiger partial charge in [-0.2, -0.15) is 0 Å². The highest BCUT2D eigenvalue weighted by Crippen LogP contribution is 2.26. The first-order chi connectivity index (χ1) is 8.47. The molecule has 2 nitrogen and oxygen atoms in total. The van der Waals surface area contributed by atoms with Crippen LogP contribution in [0.4, 0.5) is 8.78 Å². The van der Waals surface area contributed by atoms with Gasteiger partial charge in [0.1, 0.15) is 5.15 Å². The number of benzene rings is 1. The topological polar surface area (TPSA) is 25.8 Å². The molecule has 0 bridgehead atoms. The summed E-state index contributed by atoms with van der Waals surface area (Å²) in [6.45, 7) is 0. The molecule has 0 unspecified atom stereocenters. The molecule has 0 fully saturated rings. The van der Waals surface area contributed by atoms with Gasteiger partial charge < -0.3 is 0 Å². The Kier molecular flexibility index (Phi) is 4.14. The van der Waals surface area contributed by atoms with E-state index in [-0.39, 0.29) is 16.9 Å². The SMILES string of the molecule is Fc1ccc(Cc2nc(Cl)nc(Cl)c2Br)cc1F. The second-order valence-corrected chi connectivity index (χ2v) is 4.96. The third-order valence-corrected chi connectivity index (χ3v) is 3.71. The molecular formula is C11H5BrCl2F2N2. The lowest BCUT2D eigenvalue weighted by Crippen LogP contribution is -1.98. The van der Waals surface area contributed by atoms with E-state index in [1.165, 1.54) is 6.07 Å². The molecule has 1 aromatic carbocycles. The number of hydrogen-bond donors (Lipinski definition) is 0. The Hall–Kier alpha value is -0.780. The van der Waals surface area contributed by atoms with E-state index in [1.807, 2.05) is 0 Å². The molecule has 18 heavy (non-hydrogen) atoms. The van der Waals surface area contributed by atoms with Crippen LogP contribution in [-0.2, 0) is 6.42 Å². The first-order valence-electron chi connectivity index (χ1n) is 4.78. The summed E-state index contributed by atoms with van der Waals surface area (Å²) in [6, 6.07) is 3.63. The Bertz CT molecular complexity index is 608. The zero-order chi connectivity index (χ0) is 13.3. The fourth-order valence-electron chi connectivity index (χ4n) is 1.39. The molecule has 0 saturated carbocycles. The van der Waals surface area contributed by atoms with Crippen LogP contribution in [0, 0.1) is 11.6 Å². The molecule has 0 aliphatic carbocycles. The van der Waals surface area contributed by atoms with E-state index in [4.69, 9.17) is 23.2 Å². The highest BCUT2D eigenvalue weighted by molar-refractivity contribution is 9.10. The maximum atomic E-state index is 13.1. The molecule has 1 heterocycles. The summed E-state index contributed by atoms with van der Waals surface area (Å²) >= 11 is 14.7. The summed E-state index contributed by atoms with van der Waals surface area (Å²) in [5.74, 6) is -1.80. The van der Waals surface area contributed by atoms with E-state index >= 15 is 0 Å². The van der Waals surface area contributed by atoms with Crippen molar-refractivity contribution >= 4 is 39.1 Å². The highest BCUT2D eigenvalue weighted by atomic mass is 79.9. The number of nitrogens with zero attached hydrogens (tertiary/aromatic N) is 2. The molecule has 0 aliphatic heterocycles. The van der Waals surface area contributed by atoms with Crippen LogP contribution in [-0.4, -0.2) is 9.97 Å². The molecule has 7 heteroatoms. The molecule has 0 atom stereocenters. The summed E-state index contributed by atoms with van der Waals surface area (Å²) in [5.41, 5.74) is 1.06. The van der Waals surface area contributed by atoms with E-state index in [2.05, 4.69) is 25.9 Å². The van der Waals surface area contributed by atoms with Gasteiger partial charge in [-0.05, 0) is 45.2 Å². The van der Waals surface area contributed by atoms with E-state index < -0.39 is 11.6 Å². The van der Waals surface area contributed by atoms with Crippen LogP contribution in [0.15, 0.2) is 22.7 Å². The predicted octanol–water partition coefficient (Wildman–Crippen LogP) is 4.41. The molecule has 1 aromatic heterocycles. The highest BCUT2D eigenvalue weighted by Gasteiger charge is 2.11. The molecule has 0 saturated heterocycles. The van der Waals surface area contributed by atoms with Gasteiger partial charge in [-0.25, -0.2) is 18.7 Å². The van der Waals surface area contributed by atoms with Gasteiger partial charge in [0.05, 0.1) is 10.2 Å². The Labute approximate surface area is 120 Å². The predicted molar refractivity (Wildman–Crippen MR) is 68.9 cm³/mol. The fourth-order valence-corrected chi connectivity index (χ4v) is 2.13. The monoisotopic (exact) mass is 352 g/mol. The van der Waals surface area contributed by atoms with Gasteiger partial charge in [-0.3, -0.25) is 0 Å². The van der Waals surface area contributed by atoms with Crippen molar-refractivity contribution in [2.75, 3.05) is 0 Å². The molecule has 94 valence electrons. The van der Waals surface area contributed by atoms with Gasteiger partial charge in [0.25, 0.3) is 0 Å². The minimum Gasteiger partial charge on any atom is -0.221 e. The van der Waals surface area contributed by atoms with Gasteiger partial charge in [0, 0.05) is 6.42 Å². The quantitative estimate of drug-likeness (QED) is 0.590. The fraction of sp³-hybridized carbons (Fsp3) is 0.0909. The van der Waals surface area contributed by atoms with Gasteiger partial charge >= 0.3 is 0 Å². The van der Waals surface area contributed by atoms with Crippen molar-refractivity contribution in [1.82, 2.24) is 9.97 Å². The average molecular weight is 354 g/mol. The smallest absolute Gasteiger partial charge is 0.221 e. The Morgan fingerprint density at radius 2 is 1.83 bits per heavy atom. The molecule has 0 N–H and O–H groups in total. The Balaban J connectivity index is 2.36. The third kappa shape index (κ3) is 2.96. The van der Waals surface area contributed by atoms with Gasteiger partial charge in [-0.1, -0.05) is 17.7 Å². The standard InChI is InChI=1S/C11H5BrCl2F2N2/c12-9-8(17-11(14)18-10(9)13)4-5-1-2-6(15)7(16)3-5/h1-3H,4H2. The number of halogens is 5. The molecule has 0 radical (unpaired) electrons. The lowest BCUT2D eigenvalue weighted by atomic mass is 10.1. The molecule has 2 rings (SSSR count). The van der Waals surface area contributed by atoms with Crippen LogP contribution in [0.25, 0.3) is 0 Å². The largest absolute Gasteiger partial charge is 0.224 e. The molecular weight excluding hydrogens is 349 g/mol. The summed E-state index contributed by atoms with van der Waals surface area (Å²) in [6.07, 6.45) is 0.264. The second-order valence-electron chi connectivity index (χ2n) is 3.47. The summed E-state index contributed by atoms with van der Waals surface area (Å²) in [5, 5.41) is 0.174. The van der Waals surface area contributed by atoms with Crippen LogP contribution in [0.5, 0.6) is 0 Å². The van der Waals surface area contributed by atoms with Crippen molar-refractivity contribution in [1.29, 1.82) is 0 Å². The van der Waals surface area contributed by atoms with Crippen molar-refractivity contribution in [3.63, 3.8) is 0 Å². The summed E-state index contributed by atoms with van der Waals surface area (Å²) in [4.78, 5) is 7.73. The number of aromatic nitrogens is 2. The third-order valence-electron chi connectivity index (χ3n) is 2.21. The van der Waals surface area contributed by atoms with Crippen molar-refractivity contribution in [3.8, 4) is 0 Å². The second kappa shape index (κ2) is 5.47. The average Bonchev–Trinajstić information content (AvgIpc) is 2.30. The Morgan fingerprint density at radius 3 is 2.50 bits per heavy atom. The van der Waals surface area contributed by atoms with Crippen molar-refractivity contribution < 1.29 is 8.78 Å². The van der Waals surface area contributed by atoms with Crippen LogP contribution < -0.4 is 0 Å². The maximum Gasteiger partial charge on any atom is 0.224 e. The molecule has 0 spiro atoms. The van der Waals surface area contributed by atoms with Crippen molar-refractivity contribution in [2.45, 2.75) is 6.42 Å². The molecule has 0 amide bonds. The number of rotatable bonds is 2. The summed E-state index contributed by atoms with van der Waals surface area (Å²) < 4.78 is 26.3. The van der Waals surface area contributed by atoms with Gasteiger partial charge in [0.2, 0.25) is 5.28 Å². The van der Waals surface area contributed by atoms with Crippen LogP contribution in [0.1, 0.15) is 11.3 Å². The number of hydrogen-bond acceptors (Lipinski definition) is 2. The normalized spacial score (nSPS) is 10.7. The zero-order valence-corrected chi connectivity index (χ0v) is 11.8.